The van der Waals surface area contributed by atoms with E-state index in [1.165, 1.54) is 86.5 Å². The Balaban J connectivity index is 0.957. The van der Waals surface area contributed by atoms with Gasteiger partial charge in [0.1, 0.15) is 0 Å². The Hall–Kier alpha value is -7.20. The second kappa shape index (κ2) is 13.4. The molecular weight excluding hydrogens is 745 g/mol. The lowest BCUT2D eigenvalue weighted by Crippen LogP contribution is -2.16. The summed E-state index contributed by atoms with van der Waals surface area (Å²) in [6.45, 7) is 4.72. The monoisotopic (exact) mass is 784 g/mol. The predicted molar refractivity (Wildman–Crippen MR) is 257 cm³/mol. The molecule has 0 N–H and O–H groups in total. The smallest absolute Gasteiger partial charge is 0.0541 e. The molecule has 2 nitrogen and oxygen atoms in total. The Kier molecular flexibility index (Phi) is 7.79. The second-order valence-electron chi connectivity index (χ2n) is 16.6. The van der Waals surface area contributed by atoms with Crippen molar-refractivity contribution in [1.29, 1.82) is 0 Å². The van der Waals surface area contributed by atoms with Crippen molar-refractivity contribution < 1.29 is 0 Å². The standard InChI is InChI=1S/C57H40N2S/c1-57(2)51-17-9-6-14-45(51)46-31-29-44(36-52(46)57)58(43-30-33-56-50(35-43)48-16-8-11-19-55(48)60-56)41-25-22-39(23-26-41)40-24-32-54-49(34-40)47-15-7-10-18-53(47)59(54)42-27-20-38(21-28-42)37-12-4-3-5-13-37/h3-36H,1-2H3. The van der Waals surface area contributed by atoms with Gasteiger partial charge in [0.25, 0.3) is 0 Å². The number of hydrogen-bond donors (Lipinski definition) is 0. The summed E-state index contributed by atoms with van der Waals surface area (Å²) < 4.78 is 5.02. The molecule has 12 rings (SSSR count). The third-order valence-corrected chi connectivity index (χ3v) is 14.0. The SMILES string of the molecule is CC1(C)c2ccccc2-c2ccc(N(c3ccc(-c4ccc5c(c4)c4ccccc4n5-c4ccc(-c5ccccc5)cc4)cc3)c3ccc4sc5ccccc5c4c3)cc21. The van der Waals surface area contributed by atoms with Crippen LogP contribution >= 0.6 is 11.3 Å². The molecule has 0 aliphatic heterocycles. The van der Waals surface area contributed by atoms with Gasteiger partial charge in [-0.1, -0.05) is 141 Å². The lowest BCUT2D eigenvalue weighted by molar-refractivity contribution is 0.660. The molecule has 0 fully saturated rings. The number of anilines is 3. The molecule has 0 bridgehead atoms. The third kappa shape index (κ3) is 5.40. The van der Waals surface area contributed by atoms with E-state index in [1.807, 2.05) is 11.3 Å². The summed E-state index contributed by atoms with van der Waals surface area (Å²) in [4.78, 5) is 2.44. The van der Waals surface area contributed by atoms with Crippen LogP contribution in [0.15, 0.2) is 206 Å². The molecule has 60 heavy (non-hydrogen) atoms. The molecule has 0 saturated carbocycles. The van der Waals surface area contributed by atoms with Gasteiger partial charge in [0.05, 0.1) is 11.0 Å². The van der Waals surface area contributed by atoms with Crippen LogP contribution < -0.4 is 4.90 Å². The van der Waals surface area contributed by atoms with Gasteiger partial charge in [-0.25, -0.2) is 0 Å². The number of benzene rings is 9. The quantitative estimate of drug-likeness (QED) is 0.163. The lowest BCUT2D eigenvalue weighted by atomic mass is 9.82. The highest BCUT2D eigenvalue weighted by atomic mass is 32.1. The molecule has 1 aliphatic rings. The van der Waals surface area contributed by atoms with E-state index in [-0.39, 0.29) is 5.41 Å². The fraction of sp³-hybridized carbons (Fsp3) is 0.0526. The summed E-state index contributed by atoms with van der Waals surface area (Å²) in [7, 11) is 0. The van der Waals surface area contributed by atoms with Gasteiger partial charge < -0.3 is 9.47 Å². The zero-order chi connectivity index (χ0) is 40.0. The minimum Gasteiger partial charge on any atom is -0.310 e. The number of para-hydroxylation sites is 1. The number of rotatable bonds is 6. The van der Waals surface area contributed by atoms with Crippen molar-refractivity contribution in [1.82, 2.24) is 4.57 Å². The van der Waals surface area contributed by atoms with Gasteiger partial charge in [-0.3, -0.25) is 0 Å². The molecule has 0 radical (unpaired) electrons. The normalized spacial score (nSPS) is 13.0. The number of hydrogen-bond acceptors (Lipinski definition) is 2. The fourth-order valence-corrected chi connectivity index (χ4v) is 10.9. The molecule has 0 amide bonds. The highest BCUT2D eigenvalue weighted by Crippen LogP contribution is 2.51. The lowest BCUT2D eigenvalue weighted by Gasteiger charge is -2.28. The van der Waals surface area contributed by atoms with Gasteiger partial charge in [-0.15, -0.1) is 11.3 Å². The first-order valence-electron chi connectivity index (χ1n) is 20.7. The Labute approximate surface area is 353 Å². The Bertz CT molecular complexity index is 3440. The van der Waals surface area contributed by atoms with Crippen LogP contribution in [0.25, 0.3) is 81.0 Å². The van der Waals surface area contributed by atoms with Crippen LogP contribution in [-0.4, -0.2) is 4.57 Å². The predicted octanol–water partition coefficient (Wildman–Crippen LogP) is 16.3. The van der Waals surface area contributed by atoms with Gasteiger partial charge in [0.2, 0.25) is 0 Å². The molecule has 3 heteroatoms. The number of thiophene rings is 1. The fourth-order valence-electron chi connectivity index (χ4n) is 9.80. The second-order valence-corrected chi connectivity index (χ2v) is 17.6. The average Bonchev–Trinajstić information content (AvgIpc) is 3.92. The average molecular weight is 785 g/mol. The van der Waals surface area contributed by atoms with Crippen molar-refractivity contribution in [2.24, 2.45) is 0 Å². The molecule has 0 spiro atoms. The Morgan fingerprint density at radius 2 is 0.967 bits per heavy atom. The van der Waals surface area contributed by atoms with Gasteiger partial charge in [0.15, 0.2) is 0 Å². The summed E-state index contributed by atoms with van der Waals surface area (Å²) in [5.41, 5.74) is 17.2. The van der Waals surface area contributed by atoms with Crippen LogP contribution in [0.4, 0.5) is 17.1 Å². The van der Waals surface area contributed by atoms with Crippen molar-refractivity contribution >= 4 is 70.4 Å². The molecule has 11 aromatic rings. The molecule has 0 atom stereocenters. The summed E-state index contributed by atoms with van der Waals surface area (Å²) in [5.74, 6) is 0. The summed E-state index contributed by atoms with van der Waals surface area (Å²) in [5, 5.41) is 5.10. The molecule has 0 unspecified atom stereocenters. The minimum atomic E-state index is -0.0988. The molecular formula is C57H40N2S. The number of nitrogens with zero attached hydrogens (tertiary/aromatic N) is 2. The van der Waals surface area contributed by atoms with Crippen LogP contribution in [0.3, 0.4) is 0 Å². The van der Waals surface area contributed by atoms with Crippen molar-refractivity contribution in [3.05, 3.63) is 217 Å². The summed E-state index contributed by atoms with van der Waals surface area (Å²) >= 11 is 1.86. The third-order valence-electron chi connectivity index (χ3n) is 12.8. The first kappa shape index (κ1) is 34.8. The molecule has 284 valence electrons. The van der Waals surface area contributed by atoms with Gasteiger partial charge in [-0.2, -0.15) is 0 Å². The maximum absolute atomic E-state index is 2.44. The van der Waals surface area contributed by atoms with Crippen LogP contribution in [0.2, 0.25) is 0 Å². The van der Waals surface area contributed by atoms with Crippen molar-refractivity contribution in [2.75, 3.05) is 4.90 Å². The van der Waals surface area contributed by atoms with E-state index < -0.39 is 0 Å². The number of fused-ring (bicyclic) bond motifs is 9. The Morgan fingerprint density at radius 1 is 0.383 bits per heavy atom. The van der Waals surface area contributed by atoms with E-state index in [1.54, 1.807) is 0 Å². The van der Waals surface area contributed by atoms with E-state index >= 15 is 0 Å². The van der Waals surface area contributed by atoms with E-state index in [0.717, 1.165) is 22.7 Å². The number of aromatic nitrogens is 1. The van der Waals surface area contributed by atoms with Crippen molar-refractivity contribution in [3.63, 3.8) is 0 Å². The topological polar surface area (TPSA) is 8.17 Å². The van der Waals surface area contributed by atoms with Crippen LogP contribution in [0.5, 0.6) is 0 Å². The highest BCUT2D eigenvalue weighted by molar-refractivity contribution is 7.25. The molecule has 1 aliphatic carbocycles. The van der Waals surface area contributed by atoms with Gasteiger partial charge >= 0.3 is 0 Å². The molecule has 2 heterocycles. The summed E-state index contributed by atoms with van der Waals surface area (Å²) in [6, 6.07) is 76.1. The largest absolute Gasteiger partial charge is 0.310 e. The van der Waals surface area contributed by atoms with Crippen molar-refractivity contribution in [3.8, 4) is 39.1 Å². The van der Waals surface area contributed by atoms with Crippen LogP contribution in [-0.2, 0) is 5.41 Å². The summed E-state index contributed by atoms with van der Waals surface area (Å²) in [6.07, 6.45) is 0. The zero-order valence-electron chi connectivity index (χ0n) is 33.4. The van der Waals surface area contributed by atoms with Crippen molar-refractivity contribution in [2.45, 2.75) is 19.3 Å². The van der Waals surface area contributed by atoms with Gasteiger partial charge in [-0.05, 0) is 123 Å². The first-order chi connectivity index (χ1) is 29.5. The zero-order valence-corrected chi connectivity index (χ0v) is 34.2. The van der Waals surface area contributed by atoms with Gasteiger partial charge in [0, 0.05) is 59.1 Å². The van der Waals surface area contributed by atoms with Crippen LogP contribution in [0.1, 0.15) is 25.0 Å². The molecule has 9 aromatic carbocycles. The molecule has 2 aromatic heterocycles. The van der Waals surface area contributed by atoms with E-state index in [0.29, 0.717) is 0 Å². The first-order valence-corrected chi connectivity index (χ1v) is 21.6. The minimum absolute atomic E-state index is 0.0988. The van der Waals surface area contributed by atoms with E-state index in [2.05, 4.69) is 230 Å². The van der Waals surface area contributed by atoms with E-state index in [9.17, 15) is 0 Å². The maximum atomic E-state index is 2.44. The highest BCUT2D eigenvalue weighted by Gasteiger charge is 2.35. The Morgan fingerprint density at radius 3 is 1.82 bits per heavy atom. The van der Waals surface area contributed by atoms with E-state index in [4.69, 9.17) is 0 Å². The van der Waals surface area contributed by atoms with Crippen LogP contribution in [0, 0.1) is 0 Å². The molecule has 0 saturated heterocycles. The maximum Gasteiger partial charge on any atom is 0.0541 e.